The molecule has 0 radical (unpaired) electrons. The number of rotatable bonds is 4. The quantitative estimate of drug-likeness (QED) is 0.378. The van der Waals surface area contributed by atoms with Gasteiger partial charge < -0.3 is 0 Å². The molecule has 2 nitrogen and oxygen atoms in total. The van der Waals surface area contributed by atoms with Crippen LogP contribution in [0.3, 0.4) is 0 Å². The van der Waals surface area contributed by atoms with Crippen LogP contribution in [-0.2, 0) is 0 Å². The van der Waals surface area contributed by atoms with Crippen molar-refractivity contribution in [3.63, 3.8) is 0 Å². The van der Waals surface area contributed by atoms with Crippen LogP contribution in [-0.4, -0.2) is 9.97 Å². The molecular formula is C23H20N2S2. The average Bonchev–Trinajstić information content (AvgIpc) is 3.08. The maximum absolute atomic E-state index is 5.01. The summed E-state index contributed by atoms with van der Waals surface area (Å²) in [5.74, 6) is 0. The molecule has 4 rings (SSSR count). The lowest BCUT2D eigenvalue weighted by molar-refractivity contribution is 1.20. The summed E-state index contributed by atoms with van der Waals surface area (Å²) in [6, 6.07) is 21.4. The van der Waals surface area contributed by atoms with Crippen molar-refractivity contribution in [1.82, 2.24) is 9.97 Å². The zero-order valence-electron chi connectivity index (χ0n) is 15.6. The van der Waals surface area contributed by atoms with Gasteiger partial charge in [0.15, 0.2) is 4.34 Å². The third-order valence-corrected chi connectivity index (χ3v) is 6.46. The molecule has 0 amide bonds. The fourth-order valence-electron chi connectivity index (χ4n) is 2.92. The lowest BCUT2D eigenvalue weighted by Crippen LogP contribution is -1.85. The molecule has 4 aromatic rings. The molecule has 0 atom stereocenters. The van der Waals surface area contributed by atoms with E-state index in [1.165, 1.54) is 26.5 Å². The third-order valence-electron chi connectivity index (χ3n) is 4.28. The van der Waals surface area contributed by atoms with Gasteiger partial charge >= 0.3 is 0 Å². The molecule has 0 N–H and O–H groups in total. The molecule has 2 heterocycles. The first-order chi connectivity index (χ1) is 13.1. The topological polar surface area (TPSA) is 25.8 Å². The van der Waals surface area contributed by atoms with E-state index in [2.05, 4.69) is 79.5 Å². The van der Waals surface area contributed by atoms with Gasteiger partial charge in [0.25, 0.3) is 0 Å². The third kappa shape index (κ3) is 4.12. The highest BCUT2D eigenvalue weighted by molar-refractivity contribution is 8.01. The SMILES string of the molecule is Cc1ccc(Sc2nc(-c3cccc(C)c3)c(-c3ccnc(C)c3)s2)cc1. The maximum Gasteiger partial charge on any atom is 0.155 e. The molecule has 0 aliphatic carbocycles. The Kier molecular flexibility index (Phi) is 5.10. The van der Waals surface area contributed by atoms with Crippen molar-refractivity contribution in [2.75, 3.05) is 0 Å². The molecule has 2 aromatic carbocycles. The number of aromatic nitrogens is 2. The minimum absolute atomic E-state index is 1.02. The minimum Gasteiger partial charge on any atom is -0.262 e. The molecule has 4 heteroatoms. The summed E-state index contributed by atoms with van der Waals surface area (Å²) in [6.45, 7) is 6.25. The van der Waals surface area contributed by atoms with Crippen LogP contribution in [0.15, 0.2) is 76.1 Å². The number of hydrogen-bond donors (Lipinski definition) is 0. The van der Waals surface area contributed by atoms with Crippen LogP contribution in [0.25, 0.3) is 21.7 Å². The standard InChI is InChI=1S/C23H20N2S2/c1-15-7-9-20(10-8-15)26-23-25-21(18-6-4-5-16(2)13-18)22(27-23)19-11-12-24-17(3)14-19/h4-14H,1-3H3. The Bertz CT molecular complexity index is 1020. The summed E-state index contributed by atoms with van der Waals surface area (Å²) in [4.78, 5) is 11.8. The molecule has 0 aliphatic heterocycles. The Morgan fingerprint density at radius 2 is 1.63 bits per heavy atom. The average molecular weight is 389 g/mol. The Morgan fingerprint density at radius 3 is 2.37 bits per heavy atom. The number of aryl methyl sites for hydroxylation is 3. The van der Waals surface area contributed by atoms with E-state index < -0.39 is 0 Å². The highest BCUT2D eigenvalue weighted by atomic mass is 32.2. The smallest absolute Gasteiger partial charge is 0.155 e. The summed E-state index contributed by atoms with van der Waals surface area (Å²) < 4.78 is 1.06. The molecule has 27 heavy (non-hydrogen) atoms. The highest BCUT2D eigenvalue weighted by Crippen LogP contribution is 2.42. The van der Waals surface area contributed by atoms with Crippen LogP contribution in [0, 0.1) is 20.8 Å². The van der Waals surface area contributed by atoms with Crippen molar-refractivity contribution in [3.05, 3.63) is 83.7 Å². The normalized spacial score (nSPS) is 10.9. The van der Waals surface area contributed by atoms with E-state index in [-0.39, 0.29) is 0 Å². The molecule has 0 fully saturated rings. The van der Waals surface area contributed by atoms with Gasteiger partial charge in [-0.25, -0.2) is 4.98 Å². The van der Waals surface area contributed by atoms with Gasteiger partial charge in [0.2, 0.25) is 0 Å². The first-order valence-corrected chi connectivity index (χ1v) is 10.5. The zero-order chi connectivity index (χ0) is 18.8. The van der Waals surface area contributed by atoms with Crippen LogP contribution in [0.2, 0.25) is 0 Å². The number of thiazole rings is 1. The van der Waals surface area contributed by atoms with Gasteiger partial charge in [-0.2, -0.15) is 0 Å². The van der Waals surface area contributed by atoms with E-state index in [9.17, 15) is 0 Å². The van der Waals surface area contributed by atoms with E-state index in [4.69, 9.17) is 4.98 Å². The first kappa shape index (κ1) is 18.0. The van der Waals surface area contributed by atoms with E-state index in [1.54, 1.807) is 23.1 Å². The summed E-state index contributed by atoms with van der Waals surface area (Å²) in [7, 11) is 0. The highest BCUT2D eigenvalue weighted by Gasteiger charge is 2.16. The van der Waals surface area contributed by atoms with Gasteiger partial charge in [0, 0.05) is 22.3 Å². The molecule has 0 saturated carbocycles. The second-order valence-electron chi connectivity index (χ2n) is 6.63. The van der Waals surface area contributed by atoms with Gasteiger partial charge in [-0.15, -0.1) is 11.3 Å². The molecule has 0 aliphatic rings. The molecule has 0 unspecified atom stereocenters. The largest absolute Gasteiger partial charge is 0.262 e. The predicted molar refractivity (Wildman–Crippen MR) is 116 cm³/mol. The molecule has 134 valence electrons. The number of benzene rings is 2. The van der Waals surface area contributed by atoms with Crippen molar-refractivity contribution in [1.29, 1.82) is 0 Å². The summed E-state index contributed by atoms with van der Waals surface area (Å²) in [5, 5.41) is 0. The Morgan fingerprint density at radius 1 is 0.815 bits per heavy atom. The molecule has 0 saturated heterocycles. The van der Waals surface area contributed by atoms with Crippen LogP contribution in [0.4, 0.5) is 0 Å². The fourth-order valence-corrected chi connectivity index (χ4v) is 5.05. The van der Waals surface area contributed by atoms with E-state index in [0.29, 0.717) is 0 Å². The lowest BCUT2D eigenvalue weighted by atomic mass is 10.1. The van der Waals surface area contributed by atoms with Gasteiger partial charge in [-0.1, -0.05) is 53.2 Å². The van der Waals surface area contributed by atoms with Crippen molar-refractivity contribution in [3.8, 4) is 21.7 Å². The molecule has 0 spiro atoms. The van der Waals surface area contributed by atoms with Crippen LogP contribution in [0.1, 0.15) is 16.8 Å². The van der Waals surface area contributed by atoms with Crippen LogP contribution in [0.5, 0.6) is 0 Å². The van der Waals surface area contributed by atoms with E-state index >= 15 is 0 Å². The van der Waals surface area contributed by atoms with Crippen molar-refractivity contribution < 1.29 is 0 Å². The Labute approximate surface area is 168 Å². The second kappa shape index (κ2) is 7.67. The molecular weight excluding hydrogens is 368 g/mol. The minimum atomic E-state index is 1.02. The van der Waals surface area contributed by atoms with Gasteiger partial charge in [-0.3, -0.25) is 4.98 Å². The Hall–Kier alpha value is -2.43. The summed E-state index contributed by atoms with van der Waals surface area (Å²) in [5.41, 5.74) is 6.91. The zero-order valence-corrected chi connectivity index (χ0v) is 17.2. The molecule has 2 aromatic heterocycles. The Balaban J connectivity index is 1.80. The van der Waals surface area contributed by atoms with E-state index in [1.807, 2.05) is 13.1 Å². The van der Waals surface area contributed by atoms with Crippen LogP contribution < -0.4 is 0 Å². The number of pyridine rings is 1. The van der Waals surface area contributed by atoms with E-state index in [0.717, 1.165) is 21.3 Å². The monoisotopic (exact) mass is 388 g/mol. The summed E-state index contributed by atoms with van der Waals surface area (Å²) in [6.07, 6.45) is 1.87. The molecule has 0 bridgehead atoms. The number of hydrogen-bond acceptors (Lipinski definition) is 4. The van der Waals surface area contributed by atoms with Gasteiger partial charge in [0.1, 0.15) is 0 Å². The predicted octanol–water partition coefficient (Wildman–Crippen LogP) is 6.95. The van der Waals surface area contributed by atoms with Gasteiger partial charge in [0.05, 0.1) is 10.6 Å². The van der Waals surface area contributed by atoms with Crippen molar-refractivity contribution in [2.45, 2.75) is 30.0 Å². The van der Waals surface area contributed by atoms with Crippen molar-refractivity contribution >= 4 is 23.1 Å². The maximum atomic E-state index is 5.01. The lowest BCUT2D eigenvalue weighted by Gasteiger charge is -2.04. The fraction of sp³-hybridized carbons (Fsp3) is 0.130. The number of nitrogens with zero attached hydrogens (tertiary/aromatic N) is 2. The van der Waals surface area contributed by atoms with Gasteiger partial charge in [-0.05, 0) is 56.7 Å². The summed E-state index contributed by atoms with van der Waals surface area (Å²) >= 11 is 3.47. The van der Waals surface area contributed by atoms with Crippen molar-refractivity contribution in [2.24, 2.45) is 0 Å². The first-order valence-electron chi connectivity index (χ1n) is 8.84. The van der Waals surface area contributed by atoms with Crippen LogP contribution >= 0.6 is 23.1 Å². The second-order valence-corrected chi connectivity index (χ2v) is 8.95.